The Morgan fingerprint density at radius 2 is 1.86 bits per heavy atom. The third-order valence-electron chi connectivity index (χ3n) is 4.29. The third-order valence-corrected chi connectivity index (χ3v) is 6.17. The summed E-state index contributed by atoms with van der Waals surface area (Å²) in [6.45, 7) is 3.57. The summed E-state index contributed by atoms with van der Waals surface area (Å²) in [5.41, 5.74) is 4.03. The Morgan fingerprint density at radius 3 is 2.62 bits per heavy atom. The number of amides is 1. The number of carbonyl (C=O) groups is 1. The number of aryl methyl sites for hydroxylation is 1. The molecule has 0 radical (unpaired) electrons. The van der Waals surface area contributed by atoms with Crippen LogP contribution in [0.4, 0.5) is 10.9 Å². The Labute approximate surface area is 177 Å². The summed E-state index contributed by atoms with van der Waals surface area (Å²) in [4.78, 5) is 21.7. The van der Waals surface area contributed by atoms with E-state index < -0.39 is 0 Å². The van der Waals surface area contributed by atoms with E-state index in [1.807, 2.05) is 37.4 Å². The second-order valence-electron chi connectivity index (χ2n) is 6.67. The Kier molecular flexibility index (Phi) is 5.51. The van der Waals surface area contributed by atoms with E-state index in [1.165, 1.54) is 28.7 Å². The number of carbonyl (C=O) groups excluding carboxylic acids is 1. The molecule has 2 heterocycles. The minimum Gasteiger partial charge on any atom is -0.302 e. The highest BCUT2D eigenvalue weighted by Crippen LogP contribution is 2.32. The summed E-state index contributed by atoms with van der Waals surface area (Å²) in [6, 6.07) is 20.5. The van der Waals surface area contributed by atoms with Crippen molar-refractivity contribution in [2.75, 3.05) is 16.7 Å². The van der Waals surface area contributed by atoms with E-state index in [1.54, 1.807) is 11.9 Å². The van der Waals surface area contributed by atoms with Gasteiger partial charge >= 0.3 is 0 Å². The van der Waals surface area contributed by atoms with Gasteiger partial charge in [0.25, 0.3) is 0 Å². The average Bonchev–Trinajstić information content (AvgIpc) is 3.10. The van der Waals surface area contributed by atoms with E-state index in [0.717, 1.165) is 27.3 Å². The van der Waals surface area contributed by atoms with Crippen LogP contribution in [0, 0.1) is 6.92 Å². The number of nitrogens with one attached hydrogen (secondary N) is 1. The molecule has 1 N–H and O–H groups in total. The van der Waals surface area contributed by atoms with Gasteiger partial charge in [0.05, 0.1) is 15.9 Å². The topological polar surface area (TPSA) is 58.1 Å². The monoisotopic (exact) mass is 420 g/mol. The smallest absolute Gasteiger partial charge is 0.223 e. The maximum absolute atomic E-state index is 11.3. The van der Waals surface area contributed by atoms with Crippen molar-refractivity contribution < 1.29 is 4.79 Å². The van der Waals surface area contributed by atoms with E-state index in [9.17, 15) is 4.79 Å². The maximum atomic E-state index is 11.3. The first-order valence-corrected chi connectivity index (χ1v) is 10.7. The minimum atomic E-state index is -0.118. The zero-order valence-corrected chi connectivity index (χ0v) is 18.0. The van der Waals surface area contributed by atoms with Crippen LogP contribution in [0.25, 0.3) is 21.5 Å². The van der Waals surface area contributed by atoms with E-state index >= 15 is 0 Å². The molecule has 0 aliphatic heterocycles. The van der Waals surface area contributed by atoms with Crippen LogP contribution < -0.4 is 9.62 Å². The molecule has 0 aliphatic carbocycles. The standard InChI is InChI=1S/C22H20N4OS2/c1-14-7-10-17(11-8-14)29-26(3)21-6-4-5-18(24-21)16-9-12-19-20(13-16)28-22(25-19)23-15(2)27/h4-13H,1-3H3,(H,23,25,27). The van der Waals surface area contributed by atoms with E-state index in [-0.39, 0.29) is 5.91 Å². The molecule has 146 valence electrons. The molecule has 0 fully saturated rings. The second-order valence-corrected chi connectivity index (χ2v) is 8.90. The second kappa shape index (κ2) is 8.23. The lowest BCUT2D eigenvalue weighted by Crippen LogP contribution is -2.08. The predicted molar refractivity (Wildman–Crippen MR) is 123 cm³/mol. The number of aromatic nitrogens is 2. The van der Waals surface area contributed by atoms with Gasteiger partial charge in [-0.3, -0.25) is 9.10 Å². The Hall–Kier alpha value is -2.90. The molecular weight excluding hydrogens is 400 g/mol. The van der Waals surface area contributed by atoms with Crippen molar-refractivity contribution in [3.8, 4) is 11.3 Å². The number of hydrogen-bond acceptors (Lipinski definition) is 6. The van der Waals surface area contributed by atoms with Crippen LogP contribution in [0.5, 0.6) is 0 Å². The van der Waals surface area contributed by atoms with Gasteiger partial charge in [0.15, 0.2) is 5.13 Å². The van der Waals surface area contributed by atoms with Gasteiger partial charge in [-0.1, -0.05) is 41.2 Å². The first-order chi connectivity index (χ1) is 14.0. The molecule has 29 heavy (non-hydrogen) atoms. The van der Waals surface area contributed by atoms with Gasteiger partial charge in [-0.25, -0.2) is 9.97 Å². The van der Waals surface area contributed by atoms with Gasteiger partial charge in [0.2, 0.25) is 5.91 Å². The fourth-order valence-electron chi connectivity index (χ4n) is 2.85. The van der Waals surface area contributed by atoms with Crippen LogP contribution in [0.2, 0.25) is 0 Å². The predicted octanol–water partition coefficient (Wildman–Crippen LogP) is 5.77. The summed E-state index contributed by atoms with van der Waals surface area (Å²) >= 11 is 3.11. The molecule has 4 rings (SSSR count). The van der Waals surface area contributed by atoms with Gasteiger partial charge in [-0.2, -0.15) is 0 Å². The van der Waals surface area contributed by atoms with Crippen LogP contribution in [-0.4, -0.2) is 22.9 Å². The van der Waals surface area contributed by atoms with Crippen molar-refractivity contribution in [3.05, 3.63) is 66.2 Å². The number of anilines is 2. The fraction of sp³-hybridized carbons (Fsp3) is 0.136. The van der Waals surface area contributed by atoms with Gasteiger partial charge in [-0.15, -0.1) is 0 Å². The van der Waals surface area contributed by atoms with Gasteiger partial charge in [0.1, 0.15) is 5.82 Å². The molecule has 0 bridgehead atoms. The number of nitrogens with zero attached hydrogens (tertiary/aromatic N) is 3. The molecule has 2 aromatic heterocycles. The number of rotatable bonds is 5. The Morgan fingerprint density at radius 1 is 1.07 bits per heavy atom. The average molecular weight is 421 g/mol. The van der Waals surface area contributed by atoms with Crippen molar-refractivity contribution >= 4 is 50.4 Å². The number of fused-ring (bicyclic) bond motifs is 1. The first-order valence-electron chi connectivity index (χ1n) is 9.12. The number of benzene rings is 2. The van der Waals surface area contributed by atoms with Gasteiger partial charge in [0, 0.05) is 24.4 Å². The summed E-state index contributed by atoms with van der Waals surface area (Å²) < 4.78 is 3.08. The number of pyridine rings is 1. The first kappa shape index (κ1) is 19.4. The Bertz CT molecular complexity index is 1170. The zero-order chi connectivity index (χ0) is 20.4. The van der Waals surface area contributed by atoms with E-state index in [4.69, 9.17) is 4.98 Å². The van der Waals surface area contributed by atoms with Gasteiger partial charge in [-0.05, 0) is 55.3 Å². The van der Waals surface area contributed by atoms with Crippen LogP contribution >= 0.6 is 23.3 Å². The molecule has 0 spiro atoms. The van der Waals surface area contributed by atoms with Crippen molar-refractivity contribution in [2.24, 2.45) is 0 Å². The molecule has 2 aromatic carbocycles. The molecule has 0 unspecified atom stereocenters. The van der Waals surface area contributed by atoms with Crippen LogP contribution in [0.3, 0.4) is 0 Å². The lowest BCUT2D eigenvalue weighted by atomic mass is 10.1. The van der Waals surface area contributed by atoms with Crippen molar-refractivity contribution in [3.63, 3.8) is 0 Å². The molecule has 0 aliphatic rings. The summed E-state index contributed by atoms with van der Waals surface area (Å²) in [7, 11) is 2.02. The highest BCUT2D eigenvalue weighted by molar-refractivity contribution is 8.00. The summed E-state index contributed by atoms with van der Waals surface area (Å²) in [5, 5.41) is 3.36. The highest BCUT2D eigenvalue weighted by atomic mass is 32.2. The number of hydrogen-bond donors (Lipinski definition) is 1. The summed E-state index contributed by atoms with van der Waals surface area (Å²) in [6.07, 6.45) is 0. The lowest BCUT2D eigenvalue weighted by molar-refractivity contribution is -0.114. The van der Waals surface area contributed by atoms with Crippen LogP contribution in [0.15, 0.2) is 65.6 Å². The maximum Gasteiger partial charge on any atom is 0.223 e. The number of thiazole rings is 1. The zero-order valence-electron chi connectivity index (χ0n) is 16.3. The van der Waals surface area contributed by atoms with E-state index in [2.05, 4.69) is 51.9 Å². The quantitative estimate of drug-likeness (QED) is 0.416. The molecule has 5 nitrogen and oxygen atoms in total. The van der Waals surface area contributed by atoms with Crippen molar-refractivity contribution in [1.82, 2.24) is 9.97 Å². The Balaban J connectivity index is 1.59. The molecule has 0 saturated heterocycles. The SMILES string of the molecule is CC(=O)Nc1nc2ccc(-c3cccc(N(C)Sc4ccc(C)cc4)n3)cc2s1. The minimum absolute atomic E-state index is 0.118. The van der Waals surface area contributed by atoms with Gasteiger partial charge < -0.3 is 5.32 Å². The van der Waals surface area contributed by atoms with E-state index in [0.29, 0.717) is 5.13 Å². The van der Waals surface area contributed by atoms with Crippen LogP contribution in [-0.2, 0) is 4.79 Å². The molecular formula is C22H20N4OS2. The molecule has 4 aromatic rings. The van der Waals surface area contributed by atoms with Crippen molar-refractivity contribution in [1.29, 1.82) is 0 Å². The molecule has 0 atom stereocenters. The normalized spacial score (nSPS) is 10.9. The van der Waals surface area contributed by atoms with Crippen LogP contribution in [0.1, 0.15) is 12.5 Å². The highest BCUT2D eigenvalue weighted by Gasteiger charge is 2.10. The molecule has 7 heteroatoms. The fourth-order valence-corrected chi connectivity index (χ4v) is 4.57. The summed E-state index contributed by atoms with van der Waals surface area (Å²) in [5.74, 6) is 0.768. The third kappa shape index (κ3) is 4.58. The lowest BCUT2D eigenvalue weighted by Gasteiger charge is -2.17. The largest absolute Gasteiger partial charge is 0.302 e. The molecule has 0 saturated carbocycles. The molecule has 1 amide bonds. The van der Waals surface area contributed by atoms with Crippen molar-refractivity contribution in [2.45, 2.75) is 18.7 Å².